The Hall–Kier alpha value is -1.85. The molecule has 2 rings (SSSR count). The van der Waals surface area contributed by atoms with Crippen LogP contribution >= 0.6 is 0 Å². The molecule has 5 heteroatoms. The molecule has 0 N–H and O–H groups in total. The van der Waals surface area contributed by atoms with E-state index in [1.54, 1.807) is 0 Å². The van der Waals surface area contributed by atoms with Gasteiger partial charge in [-0.1, -0.05) is 18.2 Å². The molecular formula is C17H22O5. The van der Waals surface area contributed by atoms with Crippen LogP contribution in [0.15, 0.2) is 30.4 Å². The molecule has 0 fully saturated rings. The van der Waals surface area contributed by atoms with Crippen molar-refractivity contribution in [3.8, 4) is 11.5 Å². The second kappa shape index (κ2) is 9.97. The number of fused-ring (bicyclic) bond motifs is 1. The molecule has 0 bridgehead atoms. The van der Waals surface area contributed by atoms with Crippen molar-refractivity contribution < 1.29 is 23.7 Å². The van der Waals surface area contributed by atoms with Gasteiger partial charge in [0.1, 0.15) is 19.5 Å². The second-order valence-corrected chi connectivity index (χ2v) is 4.80. The lowest BCUT2D eigenvalue weighted by Gasteiger charge is -2.14. The van der Waals surface area contributed by atoms with E-state index in [9.17, 15) is 4.79 Å². The molecule has 1 aromatic carbocycles. The van der Waals surface area contributed by atoms with Gasteiger partial charge in [-0.2, -0.15) is 0 Å². The van der Waals surface area contributed by atoms with Gasteiger partial charge in [-0.15, -0.1) is 0 Å². The average Bonchev–Trinajstić information content (AvgIpc) is 2.54. The lowest BCUT2D eigenvalue weighted by molar-refractivity contribution is -0.107. The Morgan fingerprint density at radius 2 is 1.59 bits per heavy atom. The third-order valence-corrected chi connectivity index (χ3v) is 3.12. The molecule has 0 spiro atoms. The van der Waals surface area contributed by atoms with Gasteiger partial charge in [0.2, 0.25) is 0 Å². The smallest absolute Gasteiger partial charge is 0.161 e. The van der Waals surface area contributed by atoms with Gasteiger partial charge in [0.05, 0.1) is 26.4 Å². The zero-order valence-corrected chi connectivity index (χ0v) is 12.7. The predicted octanol–water partition coefficient (Wildman–Crippen LogP) is 2.18. The van der Waals surface area contributed by atoms with Gasteiger partial charge >= 0.3 is 0 Å². The van der Waals surface area contributed by atoms with Crippen molar-refractivity contribution in [2.75, 3.05) is 39.6 Å². The molecule has 0 aliphatic carbocycles. The molecule has 0 atom stereocenters. The zero-order chi connectivity index (χ0) is 15.5. The number of hydrogen-bond donors (Lipinski definition) is 0. The Labute approximate surface area is 130 Å². The highest BCUT2D eigenvalue weighted by Gasteiger charge is 2.07. The van der Waals surface area contributed by atoms with Gasteiger partial charge in [0.25, 0.3) is 0 Å². The molecule has 1 aliphatic heterocycles. The van der Waals surface area contributed by atoms with E-state index >= 15 is 0 Å². The van der Waals surface area contributed by atoms with Crippen LogP contribution in [0.1, 0.15) is 12.0 Å². The van der Waals surface area contributed by atoms with Crippen LogP contribution in [0.4, 0.5) is 0 Å². The van der Waals surface area contributed by atoms with Crippen LogP contribution in [0.25, 0.3) is 0 Å². The van der Waals surface area contributed by atoms with Crippen LogP contribution in [-0.4, -0.2) is 45.9 Å². The first-order chi connectivity index (χ1) is 10.9. The van der Waals surface area contributed by atoms with E-state index in [4.69, 9.17) is 18.9 Å². The molecule has 0 saturated carbocycles. The zero-order valence-electron chi connectivity index (χ0n) is 12.7. The highest BCUT2D eigenvalue weighted by atomic mass is 16.6. The van der Waals surface area contributed by atoms with E-state index in [2.05, 4.69) is 0 Å². The molecule has 5 nitrogen and oxygen atoms in total. The molecule has 0 radical (unpaired) electrons. The van der Waals surface area contributed by atoms with Crippen LogP contribution in [0.5, 0.6) is 11.5 Å². The fourth-order valence-corrected chi connectivity index (χ4v) is 2.03. The molecule has 1 heterocycles. The van der Waals surface area contributed by atoms with Crippen molar-refractivity contribution in [1.82, 2.24) is 0 Å². The minimum atomic E-state index is 0.456. The Kier molecular flexibility index (Phi) is 7.49. The van der Waals surface area contributed by atoms with Crippen LogP contribution in [0.3, 0.4) is 0 Å². The fourth-order valence-electron chi connectivity index (χ4n) is 2.03. The van der Waals surface area contributed by atoms with Crippen molar-refractivity contribution in [2.24, 2.45) is 0 Å². The van der Waals surface area contributed by atoms with E-state index in [-0.39, 0.29) is 0 Å². The van der Waals surface area contributed by atoms with Crippen LogP contribution < -0.4 is 9.47 Å². The molecule has 22 heavy (non-hydrogen) atoms. The summed E-state index contributed by atoms with van der Waals surface area (Å²) in [6, 6.07) is 5.75. The minimum Gasteiger partial charge on any atom is -0.487 e. The Morgan fingerprint density at radius 3 is 2.27 bits per heavy atom. The fraction of sp³-hybridized carbons (Fsp3) is 0.471. The maximum atomic E-state index is 10.5. The normalized spacial score (nSPS) is 18.2. The molecule has 0 amide bonds. The quantitative estimate of drug-likeness (QED) is 0.633. The summed E-state index contributed by atoms with van der Waals surface area (Å²) in [5.74, 6) is 1.37. The molecule has 0 aromatic heterocycles. The van der Waals surface area contributed by atoms with Crippen LogP contribution in [0, 0.1) is 0 Å². The molecular weight excluding hydrogens is 284 g/mol. The van der Waals surface area contributed by atoms with E-state index in [0.717, 1.165) is 11.8 Å². The molecule has 1 aromatic rings. The standard InChI is InChI=1S/C17H22O5/c18-7-3-4-15-5-6-16-17(14-15)22-13-11-20-9-2-1-8-19-10-12-21-16/h1-2,5-7,14H,3-4,8-13H2/b2-1-. The first-order valence-corrected chi connectivity index (χ1v) is 7.53. The van der Waals surface area contributed by atoms with Crippen molar-refractivity contribution in [3.63, 3.8) is 0 Å². The molecule has 120 valence electrons. The van der Waals surface area contributed by atoms with Crippen molar-refractivity contribution >= 4 is 6.29 Å². The van der Waals surface area contributed by atoms with E-state index in [0.29, 0.717) is 64.0 Å². The number of ether oxygens (including phenoxy) is 4. The summed E-state index contributed by atoms with van der Waals surface area (Å²) in [4.78, 5) is 10.5. The van der Waals surface area contributed by atoms with Crippen LogP contribution in [-0.2, 0) is 20.7 Å². The maximum Gasteiger partial charge on any atom is 0.161 e. The van der Waals surface area contributed by atoms with E-state index < -0.39 is 0 Å². The highest BCUT2D eigenvalue weighted by molar-refractivity contribution is 5.51. The lowest BCUT2D eigenvalue weighted by atomic mass is 10.1. The Morgan fingerprint density at radius 1 is 0.909 bits per heavy atom. The van der Waals surface area contributed by atoms with Gasteiger partial charge in [-0.3, -0.25) is 0 Å². The van der Waals surface area contributed by atoms with Crippen molar-refractivity contribution in [2.45, 2.75) is 12.8 Å². The molecule has 0 unspecified atom stereocenters. The lowest BCUT2D eigenvalue weighted by Crippen LogP contribution is -2.11. The third-order valence-electron chi connectivity index (χ3n) is 3.12. The number of carbonyl (C=O) groups is 1. The first-order valence-electron chi connectivity index (χ1n) is 7.53. The number of aldehydes is 1. The Bertz CT molecular complexity index is 484. The summed E-state index contributed by atoms with van der Waals surface area (Å²) in [6.07, 6.45) is 5.98. The van der Waals surface area contributed by atoms with Gasteiger partial charge in [0, 0.05) is 6.42 Å². The van der Waals surface area contributed by atoms with Crippen molar-refractivity contribution in [3.05, 3.63) is 35.9 Å². The summed E-state index contributed by atoms with van der Waals surface area (Å²) in [6.45, 7) is 3.04. The van der Waals surface area contributed by atoms with Gasteiger partial charge in [0.15, 0.2) is 11.5 Å². The van der Waals surface area contributed by atoms with Crippen LogP contribution in [0.2, 0.25) is 0 Å². The number of aryl methyl sites for hydroxylation is 1. The third kappa shape index (κ3) is 5.87. The summed E-state index contributed by atoms with van der Waals surface area (Å²) < 4.78 is 22.3. The minimum absolute atomic E-state index is 0.456. The topological polar surface area (TPSA) is 54.0 Å². The largest absolute Gasteiger partial charge is 0.487 e. The SMILES string of the molecule is O=CCCc1ccc2c(c1)OCCOC/C=C\COCCO2. The van der Waals surface area contributed by atoms with Gasteiger partial charge < -0.3 is 23.7 Å². The first kappa shape index (κ1) is 16.5. The van der Waals surface area contributed by atoms with Crippen molar-refractivity contribution in [1.29, 1.82) is 0 Å². The summed E-state index contributed by atoms with van der Waals surface area (Å²) >= 11 is 0. The molecule has 1 aliphatic rings. The van der Waals surface area contributed by atoms with E-state index in [1.165, 1.54) is 0 Å². The average molecular weight is 306 g/mol. The summed E-state index contributed by atoms with van der Waals surface area (Å²) in [7, 11) is 0. The maximum absolute atomic E-state index is 10.5. The number of carbonyl (C=O) groups excluding carboxylic acids is 1. The second-order valence-electron chi connectivity index (χ2n) is 4.80. The monoisotopic (exact) mass is 306 g/mol. The summed E-state index contributed by atoms with van der Waals surface area (Å²) in [5, 5.41) is 0. The highest BCUT2D eigenvalue weighted by Crippen LogP contribution is 2.29. The van der Waals surface area contributed by atoms with E-state index in [1.807, 2.05) is 30.4 Å². The Balaban J connectivity index is 2.02. The number of rotatable bonds is 3. The summed E-state index contributed by atoms with van der Waals surface area (Å²) in [5.41, 5.74) is 1.05. The molecule has 0 saturated heterocycles. The van der Waals surface area contributed by atoms with Gasteiger partial charge in [-0.25, -0.2) is 0 Å². The predicted molar refractivity (Wildman–Crippen MR) is 82.6 cm³/mol. The van der Waals surface area contributed by atoms with Gasteiger partial charge in [-0.05, 0) is 24.1 Å². The number of hydrogen-bond acceptors (Lipinski definition) is 5. The number of benzene rings is 1.